The van der Waals surface area contributed by atoms with Crippen molar-refractivity contribution in [3.8, 4) is 0 Å². The lowest BCUT2D eigenvalue weighted by atomic mass is 10.3. The summed E-state index contributed by atoms with van der Waals surface area (Å²) in [6.07, 6.45) is 2.32. The molecule has 3 rings (SSSR count). The van der Waals surface area contributed by atoms with Gasteiger partial charge in [-0.15, -0.1) is 0 Å². The molecule has 5 nitrogen and oxygen atoms in total. The van der Waals surface area contributed by atoms with Crippen LogP contribution in [0.15, 0.2) is 18.2 Å². The third-order valence-electron chi connectivity index (χ3n) is 3.31. The molecule has 0 unspecified atom stereocenters. The first kappa shape index (κ1) is 15.5. The summed E-state index contributed by atoms with van der Waals surface area (Å²) in [6, 6.07) is 5.09. The molecule has 1 N–H and O–H groups in total. The van der Waals surface area contributed by atoms with E-state index in [9.17, 15) is 4.79 Å². The van der Waals surface area contributed by atoms with E-state index in [0.29, 0.717) is 21.7 Å². The normalized spacial score (nSPS) is 14.0. The summed E-state index contributed by atoms with van der Waals surface area (Å²) in [7, 11) is 1.81. The number of amides is 1. The molecule has 0 aliphatic heterocycles. The minimum absolute atomic E-state index is 0.154. The van der Waals surface area contributed by atoms with Crippen LogP contribution in [-0.2, 0) is 4.79 Å². The molecule has 1 aliphatic rings. The van der Waals surface area contributed by atoms with E-state index in [4.69, 9.17) is 23.2 Å². The van der Waals surface area contributed by atoms with Crippen molar-refractivity contribution in [3.63, 3.8) is 0 Å². The highest BCUT2D eigenvalue weighted by Crippen LogP contribution is 2.39. The van der Waals surface area contributed by atoms with Gasteiger partial charge in [-0.05, 0) is 25.0 Å². The van der Waals surface area contributed by atoms with Crippen molar-refractivity contribution < 1.29 is 4.79 Å². The van der Waals surface area contributed by atoms with E-state index >= 15 is 0 Å². The standard InChI is InChI=1S/C14H14Cl2N4OS/c1-20(14-18-13(19-22-14)8-5-6-8)7-11(21)17-12-9(15)3-2-4-10(12)16/h2-4,8H,5-7H2,1H3,(H,17,21). The van der Waals surface area contributed by atoms with Crippen LogP contribution in [0.25, 0.3) is 0 Å². The first-order valence-electron chi connectivity index (χ1n) is 6.83. The number of benzene rings is 1. The second-order valence-electron chi connectivity index (χ2n) is 5.21. The molecule has 0 bridgehead atoms. The van der Waals surface area contributed by atoms with Crippen molar-refractivity contribution in [2.75, 3.05) is 23.8 Å². The number of para-hydroxylation sites is 1. The molecule has 1 aromatic carbocycles. The Morgan fingerprint density at radius 1 is 1.41 bits per heavy atom. The summed E-state index contributed by atoms with van der Waals surface area (Å²) in [5.41, 5.74) is 0.431. The molecule has 116 valence electrons. The first-order chi connectivity index (χ1) is 10.5. The zero-order valence-electron chi connectivity index (χ0n) is 11.8. The Morgan fingerprint density at radius 2 is 2.09 bits per heavy atom. The second-order valence-corrected chi connectivity index (χ2v) is 6.76. The number of anilines is 2. The fourth-order valence-corrected chi connectivity index (χ4v) is 3.16. The summed E-state index contributed by atoms with van der Waals surface area (Å²) in [4.78, 5) is 18.4. The smallest absolute Gasteiger partial charge is 0.244 e. The molecule has 1 aromatic heterocycles. The van der Waals surface area contributed by atoms with E-state index in [1.54, 1.807) is 23.1 Å². The number of nitrogens with zero attached hydrogens (tertiary/aromatic N) is 3. The van der Waals surface area contributed by atoms with Gasteiger partial charge in [-0.1, -0.05) is 29.3 Å². The van der Waals surface area contributed by atoms with Gasteiger partial charge in [0.05, 0.1) is 22.3 Å². The summed E-state index contributed by atoms with van der Waals surface area (Å²) in [5.74, 6) is 1.19. The lowest BCUT2D eigenvalue weighted by Crippen LogP contribution is -2.30. The Kier molecular flexibility index (Phi) is 4.52. The Hall–Kier alpha value is -1.37. The summed E-state index contributed by atoms with van der Waals surface area (Å²) >= 11 is 13.4. The van der Waals surface area contributed by atoms with Gasteiger partial charge in [0, 0.05) is 24.5 Å². The highest BCUT2D eigenvalue weighted by Gasteiger charge is 2.28. The third-order valence-corrected chi connectivity index (χ3v) is 4.78. The number of likely N-dealkylation sites (N-methyl/N-ethyl adjacent to an activating group) is 1. The predicted molar refractivity (Wildman–Crippen MR) is 90.2 cm³/mol. The number of rotatable bonds is 5. The Bertz CT molecular complexity index is 682. The zero-order chi connectivity index (χ0) is 15.7. The maximum Gasteiger partial charge on any atom is 0.244 e. The number of carbonyl (C=O) groups excluding carboxylic acids is 1. The number of hydrogen-bond donors (Lipinski definition) is 1. The van der Waals surface area contributed by atoms with Gasteiger partial charge in [-0.25, -0.2) is 4.98 Å². The minimum Gasteiger partial charge on any atom is -0.341 e. The van der Waals surface area contributed by atoms with Crippen LogP contribution in [0.3, 0.4) is 0 Å². The van der Waals surface area contributed by atoms with Crippen molar-refractivity contribution in [2.45, 2.75) is 18.8 Å². The van der Waals surface area contributed by atoms with Crippen molar-refractivity contribution in [2.24, 2.45) is 0 Å². The van der Waals surface area contributed by atoms with E-state index in [0.717, 1.165) is 23.8 Å². The lowest BCUT2D eigenvalue weighted by Gasteiger charge is -2.15. The molecule has 8 heteroatoms. The van der Waals surface area contributed by atoms with Crippen molar-refractivity contribution >= 4 is 51.5 Å². The second kappa shape index (κ2) is 6.40. The van der Waals surface area contributed by atoms with Gasteiger partial charge < -0.3 is 10.2 Å². The summed E-state index contributed by atoms with van der Waals surface area (Å²) in [5, 5.41) is 4.30. The predicted octanol–water partition coefficient (Wildman–Crippen LogP) is 3.80. The largest absolute Gasteiger partial charge is 0.341 e. The van der Waals surface area contributed by atoms with E-state index < -0.39 is 0 Å². The highest BCUT2D eigenvalue weighted by molar-refractivity contribution is 7.09. The van der Waals surface area contributed by atoms with Crippen LogP contribution in [0.5, 0.6) is 0 Å². The molecular formula is C14H14Cl2N4OS. The molecule has 0 spiro atoms. The fourth-order valence-electron chi connectivity index (χ4n) is 1.97. The van der Waals surface area contributed by atoms with Crippen LogP contribution >= 0.6 is 34.7 Å². The van der Waals surface area contributed by atoms with Crippen molar-refractivity contribution in [1.82, 2.24) is 9.36 Å². The monoisotopic (exact) mass is 356 g/mol. The average Bonchev–Trinajstić information content (AvgIpc) is 3.20. The molecule has 0 atom stereocenters. The Morgan fingerprint density at radius 3 is 2.73 bits per heavy atom. The fraction of sp³-hybridized carbons (Fsp3) is 0.357. The van der Waals surface area contributed by atoms with Gasteiger partial charge in [0.2, 0.25) is 11.0 Å². The number of halogens is 2. The van der Waals surface area contributed by atoms with E-state index in [1.165, 1.54) is 11.5 Å². The number of hydrogen-bond acceptors (Lipinski definition) is 5. The lowest BCUT2D eigenvalue weighted by molar-refractivity contribution is -0.114. The summed E-state index contributed by atoms with van der Waals surface area (Å²) < 4.78 is 4.33. The molecule has 2 aromatic rings. The van der Waals surface area contributed by atoms with Crippen LogP contribution < -0.4 is 10.2 Å². The minimum atomic E-state index is -0.208. The molecule has 0 radical (unpaired) electrons. The van der Waals surface area contributed by atoms with Gasteiger partial charge >= 0.3 is 0 Å². The van der Waals surface area contributed by atoms with Gasteiger partial charge in [-0.3, -0.25) is 4.79 Å². The number of nitrogens with one attached hydrogen (secondary N) is 1. The van der Waals surface area contributed by atoms with Crippen LogP contribution in [0.4, 0.5) is 10.8 Å². The van der Waals surface area contributed by atoms with Gasteiger partial charge in [0.25, 0.3) is 0 Å². The van der Waals surface area contributed by atoms with Gasteiger partial charge in [0.15, 0.2) is 0 Å². The molecule has 1 saturated carbocycles. The van der Waals surface area contributed by atoms with Crippen molar-refractivity contribution in [1.29, 1.82) is 0 Å². The van der Waals surface area contributed by atoms with E-state index in [1.807, 2.05) is 7.05 Å². The van der Waals surface area contributed by atoms with Crippen LogP contribution in [0.1, 0.15) is 24.6 Å². The number of aromatic nitrogens is 2. The van der Waals surface area contributed by atoms with Gasteiger partial charge in [-0.2, -0.15) is 4.37 Å². The highest BCUT2D eigenvalue weighted by atomic mass is 35.5. The average molecular weight is 357 g/mol. The number of carbonyl (C=O) groups is 1. The van der Waals surface area contributed by atoms with Crippen LogP contribution in [0.2, 0.25) is 10.0 Å². The van der Waals surface area contributed by atoms with Crippen LogP contribution in [0, 0.1) is 0 Å². The van der Waals surface area contributed by atoms with Crippen LogP contribution in [-0.4, -0.2) is 28.9 Å². The molecule has 22 heavy (non-hydrogen) atoms. The van der Waals surface area contributed by atoms with Crippen molar-refractivity contribution in [3.05, 3.63) is 34.1 Å². The third kappa shape index (κ3) is 3.51. The molecule has 1 heterocycles. The molecule has 1 aliphatic carbocycles. The van der Waals surface area contributed by atoms with E-state index in [-0.39, 0.29) is 12.5 Å². The van der Waals surface area contributed by atoms with E-state index in [2.05, 4.69) is 14.7 Å². The molecule has 0 saturated heterocycles. The molecular weight excluding hydrogens is 343 g/mol. The molecule has 1 amide bonds. The topological polar surface area (TPSA) is 58.1 Å². The Labute approximate surface area is 142 Å². The first-order valence-corrected chi connectivity index (χ1v) is 8.36. The maximum absolute atomic E-state index is 12.1. The SMILES string of the molecule is CN(CC(=O)Nc1c(Cl)cccc1Cl)c1nc(C2CC2)ns1. The summed E-state index contributed by atoms with van der Waals surface area (Å²) in [6.45, 7) is 0.154. The zero-order valence-corrected chi connectivity index (χ0v) is 14.2. The molecule has 1 fully saturated rings. The van der Waals surface area contributed by atoms with Gasteiger partial charge in [0.1, 0.15) is 5.82 Å². The maximum atomic E-state index is 12.1. The quantitative estimate of drug-likeness (QED) is 0.884. The Balaban J connectivity index is 1.63.